The van der Waals surface area contributed by atoms with Gasteiger partial charge in [-0.15, -0.1) is 0 Å². The molecule has 0 bridgehead atoms. The summed E-state index contributed by atoms with van der Waals surface area (Å²) in [4.78, 5) is 20.3. The normalized spacial score (nSPS) is 21.8. The molecule has 0 radical (unpaired) electrons. The van der Waals surface area contributed by atoms with Crippen LogP contribution in [-0.4, -0.2) is 71.7 Å². The Kier molecular flexibility index (Phi) is 4.88. The van der Waals surface area contributed by atoms with Crippen molar-refractivity contribution in [3.63, 3.8) is 0 Å². The average Bonchev–Trinajstić information content (AvgIpc) is 2.57. The highest BCUT2D eigenvalue weighted by Crippen LogP contribution is 2.49. The zero-order valence-electron chi connectivity index (χ0n) is 15.7. The molecule has 26 heavy (non-hydrogen) atoms. The summed E-state index contributed by atoms with van der Waals surface area (Å²) in [6.07, 6.45) is 6.06. The SMILES string of the molecule is CN(CCC(=O)O)C1CC2(C1)CN(CCc1ccc3c(n1)NCCC3)C2. The predicted octanol–water partition coefficient (Wildman–Crippen LogP) is 1.85. The number of carbonyl (C=O) groups is 1. The van der Waals surface area contributed by atoms with Crippen LogP contribution < -0.4 is 5.32 Å². The zero-order chi connectivity index (χ0) is 18.1. The largest absolute Gasteiger partial charge is 0.481 e. The fraction of sp³-hybridized carbons (Fsp3) is 0.700. The monoisotopic (exact) mass is 358 g/mol. The third kappa shape index (κ3) is 3.71. The molecule has 142 valence electrons. The number of aromatic nitrogens is 1. The highest BCUT2D eigenvalue weighted by Gasteiger charge is 2.52. The number of aliphatic carboxylic acids is 1. The van der Waals surface area contributed by atoms with Crippen LogP contribution in [0.1, 0.15) is 36.9 Å². The minimum atomic E-state index is -0.702. The van der Waals surface area contributed by atoms with Crippen molar-refractivity contribution < 1.29 is 9.90 Å². The molecule has 4 rings (SSSR count). The van der Waals surface area contributed by atoms with E-state index in [1.807, 2.05) is 0 Å². The molecule has 6 nitrogen and oxygen atoms in total. The van der Waals surface area contributed by atoms with E-state index in [9.17, 15) is 4.79 Å². The number of nitrogens with zero attached hydrogens (tertiary/aromatic N) is 3. The Morgan fingerprint density at radius 1 is 1.42 bits per heavy atom. The number of carboxylic acids is 1. The Morgan fingerprint density at radius 2 is 2.23 bits per heavy atom. The molecular weight excluding hydrogens is 328 g/mol. The molecule has 2 N–H and O–H groups in total. The van der Waals surface area contributed by atoms with Gasteiger partial charge in [-0.05, 0) is 49.8 Å². The second-order valence-electron chi connectivity index (χ2n) is 8.49. The van der Waals surface area contributed by atoms with Crippen LogP contribution >= 0.6 is 0 Å². The van der Waals surface area contributed by atoms with E-state index in [1.54, 1.807) is 0 Å². The van der Waals surface area contributed by atoms with Gasteiger partial charge in [-0.2, -0.15) is 0 Å². The first-order chi connectivity index (χ1) is 12.5. The predicted molar refractivity (Wildman–Crippen MR) is 102 cm³/mol. The molecule has 2 aliphatic heterocycles. The maximum absolute atomic E-state index is 10.7. The van der Waals surface area contributed by atoms with Gasteiger partial charge < -0.3 is 20.2 Å². The van der Waals surface area contributed by atoms with Crippen LogP contribution in [0.3, 0.4) is 0 Å². The van der Waals surface area contributed by atoms with Crippen molar-refractivity contribution in [1.82, 2.24) is 14.8 Å². The lowest BCUT2D eigenvalue weighted by Crippen LogP contribution is -2.66. The molecule has 0 atom stereocenters. The summed E-state index contributed by atoms with van der Waals surface area (Å²) >= 11 is 0. The fourth-order valence-electron chi connectivity index (χ4n) is 4.81. The van der Waals surface area contributed by atoms with Gasteiger partial charge in [0.2, 0.25) is 0 Å². The summed E-state index contributed by atoms with van der Waals surface area (Å²) in [6.45, 7) is 5.18. The van der Waals surface area contributed by atoms with Gasteiger partial charge in [0.15, 0.2) is 0 Å². The second-order valence-corrected chi connectivity index (χ2v) is 8.49. The molecular formula is C20H30N4O2. The first-order valence-electron chi connectivity index (χ1n) is 9.90. The van der Waals surface area contributed by atoms with Gasteiger partial charge in [-0.3, -0.25) is 4.79 Å². The quantitative estimate of drug-likeness (QED) is 0.775. The summed E-state index contributed by atoms with van der Waals surface area (Å²) < 4.78 is 0. The van der Waals surface area contributed by atoms with Gasteiger partial charge in [-0.1, -0.05) is 6.07 Å². The van der Waals surface area contributed by atoms with Gasteiger partial charge in [0.25, 0.3) is 0 Å². The van der Waals surface area contributed by atoms with Crippen molar-refractivity contribution in [2.45, 2.75) is 44.6 Å². The third-order valence-corrected chi connectivity index (χ3v) is 6.39. The van der Waals surface area contributed by atoms with Crippen molar-refractivity contribution in [3.8, 4) is 0 Å². The van der Waals surface area contributed by atoms with E-state index >= 15 is 0 Å². The van der Waals surface area contributed by atoms with Gasteiger partial charge in [0, 0.05) is 50.9 Å². The van der Waals surface area contributed by atoms with Gasteiger partial charge >= 0.3 is 5.97 Å². The number of anilines is 1. The molecule has 2 fully saturated rings. The Morgan fingerprint density at radius 3 is 3.00 bits per heavy atom. The van der Waals surface area contributed by atoms with Gasteiger partial charge in [0.05, 0.1) is 6.42 Å². The van der Waals surface area contributed by atoms with Gasteiger partial charge in [0.1, 0.15) is 5.82 Å². The van der Waals surface area contributed by atoms with Crippen LogP contribution in [0.4, 0.5) is 5.82 Å². The maximum atomic E-state index is 10.7. The number of aryl methyl sites for hydroxylation is 1. The molecule has 3 heterocycles. The number of likely N-dealkylation sites (tertiary alicyclic amines) is 1. The van der Waals surface area contributed by atoms with Crippen LogP contribution in [0.2, 0.25) is 0 Å². The molecule has 3 aliphatic rings. The molecule has 0 unspecified atom stereocenters. The van der Waals surface area contributed by atoms with Crippen LogP contribution in [0, 0.1) is 5.41 Å². The molecule has 1 saturated carbocycles. The van der Waals surface area contributed by atoms with E-state index in [2.05, 4.69) is 34.3 Å². The summed E-state index contributed by atoms with van der Waals surface area (Å²) in [5.41, 5.74) is 3.06. The van der Waals surface area contributed by atoms with Crippen LogP contribution in [-0.2, 0) is 17.6 Å². The lowest BCUT2D eigenvalue weighted by molar-refractivity contribution is -0.138. The average molecular weight is 358 g/mol. The summed E-state index contributed by atoms with van der Waals surface area (Å²) in [6, 6.07) is 5.01. The molecule has 0 amide bonds. The standard InChI is InChI=1S/C20H30N4O2/c1-23(9-7-18(25)26)17-11-20(12-17)13-24(14-20)10-6-16-5-4-15-3-2-8-21-19(15)22-16/h4-5,17H,2-3,6-14H2,1H3,(H,21,22)(H,25,26). The Labute approximate surface area is 155 Å². The topological polar surface area (TPSA) is 68.7 Å². The van der Waals surface area contributed by atoms with E-state index in [4.69, 9.17) is 10.1 Å². The van der Waals surface area contributed by atoms with E-state index < -0.39 is 5.97 Å². The highest BCUT2D eigenvalue weighted by atomic mass is 16.4. The maximum Gasteiger partial charge on any atom is 0.304 e. The first kappa shape index (κ1) is 17.7. The molecule has 0 aromatic carbocycles. The smallest absolute Gasteiger partial charge is 0.304 e. The lowest BCUT2D eigenvalue weighted by atomic mass is 9.60. The van der Waals surface area contributed by atoms with Gasteiger partial charge in [-0.25, -0.2) is 4.98 Å². The van der Waals surface area contributed by atoms with Crippen molar-refractivity contribution in [2.24, 2.45) is 5.41 Å². The molecule has 1 aliphatic carbocycles. The number of pyridine rings is 1. The molecule has 1 spiro atoms. The van der Waals surface area contributed by atoms with E-state index in [-0.39, 0.29) is 6.42 Å². The minimum absolute atomic E-state index is 0.245. The van der Waals surface area contributed by atoms with E-state index in [1.165, 1.54) is 43.6 Å². The number of carboxylic acid groups (broad SMARTS) is 1. The summed E-state index contributed by atoms with van der Waals surface area (Å²) in [7, 11) is 2.06. The summed E-state index contributed by atoms with van der Waals surface area (Å²) in [5.74, 6) is 0.395. The van der Waals surface area contributed by atoms with Crippen molar-refractivity contribution >= 4 is 11.8 Å². The van der Waals surface area contributed by atoms with Crippen molar-refractivity contribution in [2.75, 3.05) is 45.1 Å². The number of rotatable bonds is 7. The third-order valence-electron chi connectivity index (χ3n) is 6.39. The number of nitrogens with one attached hydrogen (secondary N) is 1. The van der Waals surface area contributed by atoms with Crippen LogP contribution in [0.15, 0.2) is 12.1 Å². The Balaban J connectivity index is 1.18. The molecule has 6 heteroatoms. The van der Waals surface area contributed by atoms with E-state index in [0.717, 1.165) is 31.7 Å². The van der Waals surface area contributed by atoms with Crippen molar-refractivity contribution in [3.05, 3.63) is 23.4 Å². The number of hydrogen-bond donors (Lipinski definition) is 2. The highest BCUT2D eigenvalue weighted by molar-refractivity contribution is 5.66. The number of hydrogen-bond acceptors (Lipinski definition) is 5. The molecule has 1 saturated heterocycles. The second kappa shape index (κ2) is 7.16. The number of fused-ring (bicyclic) bond motifs is 1. The minimum Gasteiger partial charge on any atom is -0.481 e. The zero-order valence-corrected chi connectivity index (χ0v) is 15.7. The van der Waals surface area contributed by atoms with Crippen LogP contribution in [0.25, 0.3) is 0 Å². The van der Waals surface area contributed by atoms with E-state index in [0.29, 0.717) is 18.0 Å². The molecule has 1 aromatic heterocycles. The van der Waals surface area contributed by atoms with Crippen molar-refractivity contribution in [1.29, 1.82) is 0 Å². The fourth-order valence-corrected chi connectivity index (χ4v) is 4.81. The molecule has 1 aromatic rings. The first-order valence-corrected chi connectivity index (χ1v) is 9.90. The lowest BCUT2D eigenvalue weighted by Gasteiger charge is -2.61. The Hall–Kier alpha value is -1.66. The summed E-state index contributed by atoms with van der Waals surface area (Å²) in [5, 5.41) is 12.2. The van der Waals surface area contributed by atoms with Crippen LogP contribution in [0.5, 0.6) is 0 Å². The Bertz CT molecular complexity index is 664.